The molecule has 1 fully saturated rings. The smallest absolute Gasteiger partial charge is 0.408 e. The van der Waals surface area contributed by atoms with Crippen molar-refractivity contribution in [1.29, 1.82) is 0 Å². The SMILES string of the molecule is CC(C)(CNC(=O)C1(NC(=O)OCC2c3ccccc3-c3ccccc32)CC1)CC(=O)O. The maximum atomic E-state index is 12.7. The van der Waals surface area contributed by atoms with Gasteiger partial charge in [0.25, 0.3) is 0 Å². The van der Waals surface area contributed by atoms with Crippen molar-refractivity contribution in [1.82, 2.24) is 10.6 Å². The third-order valence-corrected chi connectivity index (χ3v) is 6.23. The number of aliphatic carboxylic acids is 1. The van der Waals surface area contributed by atoms with Gasteiger partial charge in [0.15, 0.2) is 0 Å². The van der Waals surface area contributed by atoms with Gasteiger partial charge in [-0.05, 0) is 40.5 Å². The van der Waals surface area contributed by atoms with E-state index in [2.05, 4.69) is 34.9 Å². The molecule has 32 heavy (non-hydrogen) atoms. The van der Waals surface area contributed by atoms with E-state index in [1.54, 1.807) is 13.8 Å². The number of fused-ring (bicyclic) bond motifs is 3. The summed E-state index contributed by atoms with van der Waals surface area (Å²) in [7, 11) is 0. The third kappa shape index (κ3) is 4.47. The second kappa shape index (κ2) is 8.30. The number of hydrogen-bond acceptors (Lipinski definition) is 4. The van der Waals surface area contributed by atoms with E-state index < -0.39 is 23.0 Å². The average molecular weight is 437 g/mol. The number of carbonyl (C=O) groups excluding carboxylic acids is 2. The van der Waals surface area contributed by atoms with Crippen molar-refractivity contribution >= 4 is 18.0 Å². The van der Waals surface area contributed by atoms with Crippen LogP contribution in [0.25, 0.3) is 11.1 Å². The number of alkyl carbamates (subject to hydrolysis) is 1. The number of ether oxygens (including phenoxy) is 1. The molecule has 7 heteroatoms. The number of benzene rings is 2. The van der Waals surface area contributed by atoms with Gasteiger partial charge < -0.3 is 20.5 Å². The molecule has 7 nitrogen and oxygen atoms in total. The van der Waals surface area contributed by atoms with Crippen LogP contribution in [0.15, 0.2) is 48.5 Å². The summed E-state index contributed by atoms with van der Waals surface area (Å²) >= 11 is 0. The van der Waals surface area contributed by atoms with Crippen molar-refractivity contribution in [2.24, 2.45) is 5.41 Å². The Morgan fingerprint density at radius 2 is 1.59 bits per heavy atom. The lowest BCUT2D eigenvalue weighted by Crippen LogP contribution is -2.51. The fraction of sp³-hybridized carbons (Fsp3) is 0.400. The molecule has 0 radical (unpaired) electrons. The zero-order valence-corrected chi connectivity index (χ0v) is 18.3. The summed E-state index contributed by atoms with van der Waals surface area (Å²) in [5, 5.41) is 14.5. The Morgan fingerprint density at radius 1 is 1.03 bits per heavy atom. The normalized spacial score (nSPS) is 15.9. The number of rotatable bonds is 8. The number of carbonyl (C=O) groups is 3. The summed E-state index contributed by atoms with van der Waals surface area (Å²) in [4.78, 5) is 36.2. The molecule has 2 amide bonds. The van der Waals surface area contributed by atoms with Gasteiger partial charge in [0.1, 0.15) is 12.1 Å². The molecule has 1 saturated carbocycles. The molecule has 168 valence electrons. The van der Waals surface area contributed by atoms with E-state index in [-0.39, 0.29) is 31.4 Å². The molecular formula is C25H28N2O5. The molecule has 0 atom stereocenters. The van der Waals surface area contributed by atoms with Crippen molar-refractivity contribution < 1.29 is 24.2 Å². The van der Waals surface area contributed by atoms with Gasteiger partial charge >= 0.3 is 12.1 Å². The van der Waals surface area contributed by atoms with E-state index in [4.69, 9.17) is 9.84 Å². The number of hydrogen-bond donors (Lipinski definition) is 3. The van der Waals surface area contributed by atoms with Gasteiger partial charge in [-0.25, -0.2) is 4.79 Å². The Hall–Kier alpha value is -3.35. The maximum absolute atomic E-state index is 12.7. The molecule has 2 aromatic carbocycles. The Labute approximate surface area is 187 Å². The molecule has 0 aliphatic heterocycles. The highest BCUT2D eigenvalue weighted by molar-refractivity contribution is 5.93. The van der Waals surface area contributed by atoms with Crippen LogP contribution in [0.3, 0.4) is 0 Å². The van der Waals surface area contributed by atoms with Crippen LogP contribution >= 0.6 is 0 Å². The van der Waals surface area contributed by atoms with Crippen LogP contribution in [-0.2, 0) is 14.3 Å². The van der Waals surface area contributed by atoms with Gasteiger partial charge in [0.05, 0.1) is 6.42 Å². The predicted molar refractivity (Wildman–Crippen MR) is 119 cm³/mol. The standard InChI is InChI=1S/C25H28N2O5/c1-24(2,13-21(28)29)15-26-22(30)25(11-12-25)27-23(31)32-14-20-18-9-5-3-7-16(18)17-8-4-6-10-19(17)20/h3-10,20H,11-15H2,1-2H3,(H,26,30)(H,27,31)(H,28,29). The highest BCUT2D eigenvalue weighted by Gasteiger charge is 2.52. The molecular weight excluding hydrogens is 408 g/mol. The number of carboxylic acids is 1. The van der Waals surface area contributed by atoms with Crippen molar-refractivity contribution in [2.75, 3.05) is 13.2 Å². The van der Waals surface area contributed by atoms with Gasteiger partial charge in [0, 0.05) is 12.5 Å². The molecule has 0 aromatic heterocycles. The highest BCUT2D eigenvalue weighted by Crippen LogP contribution is 2.44. The first-order chi connectivity index (χ1) is 15.2. The fourth-order valence-electron chi connectivity index (χ4n) is 4.32. The van der Waals surface area contributed by atoms with E-state index in [0.717, 1.165) is 22.3 Å². The summed E-state index contributed by atoms with van der Waals surface area (Å²) in [6, 6.07) is 16.2. The van der Waals surface area contributed by atoms with Crippen LogP contribution in [-0.4, -0.2) is 41.8 Å². The molecule has 2 aliphatic carbocycles. The van der Waals surface area contributed by atoms with Gasteiger partial charge in [-0.2, -0.15) is 0 Å². The summed E-state index contributed by atoms with van der Waals surface area (Å²) in [6.07, 6.45) is 0.384. The first-order valence-electron chi connectivity index (χ1n) is 10.8. The largest absolute Gasteiger partial charge is 0.481 e. The maximum Gasteiger partial charge on any atom is 0.408 e. The Balaban J connectivity index is 1.34. The first-order valence-corrected chi connectivity index (χ1v) is 10.8. The van der Waals surface area contributed by atoms with Crippen molar-refractivity contribution in [3.05, 3.63) is 59.7 Å². The van der Waals surface area contributed by atoms with E-state index in [1.807, 2.05) is 24.3 Å². The van der Waals surface area contributed by atoms with Crippen LogP contribution < -0.4 is 10.6 Å². The Bertz CT molecular complexity index is 1010. The molecule has 0 spiro atoms. The van der Waals surface area contributed by atoms with Crippen LogP contribution in [0.4, 0.5) is 4.79 Å². The first kappa shape index (κ1) is 21.9. The monoisotopic (exact) mass is 436 g/mol. The lowest BCUT2D eigenvalue weighted by molar-refractivity contribution is -0.139. The third-order valence-electron chi connectivity index (χ3n) is 6.23. The summed E-state index contributed by atoms with van der Waals surface area (Å²) in [5.74, 6) is -1.26. The van der Waals surface area contributed by atoms with Crippen molar-refractivity contribution in [3.63, 3.8) is 0 Å². The Kier molecular flexibility index (Phi) is 5.67. The molecule has 0 heterocycles. The minimum atomic E-state index is -0.970. The highest BCUT2D eigenvalue weighted by atomic mass is 16.5. The number of amides is 2. The van der Waals surface area contributed by atoms with E-state index in [1.165, 1.54) is 0 Å². The van der Waals surface area contributed by atoms with Crippen LogP contribution in [0.1, 0.15) is 50.2 Å². The van der Waals surface area contributed by atoms with Crippen LogP contribution in [0.5, 0.6) is 0 Å². The van der Waals surface area contributed by atoms with Crippen LogP contribution in [0.2, 0.25) is 0 Å². The minimum absolute atomic E-state index is 0.0473. The average Bonchev–Trinajstić information content (AvgIpc) is 3.45. The Morgan fingerprint density at radius 3 is 2.12 bits per heavy atom. The number of carboxylic acid groups (broad SMARTS) is 1. The summed E-state index contributed by atoms with van der Waals surface area (Å²) in [6.45, 7) is 3.95. The van der Waals surface area contributed by atoms with E-state index in [9.17, 15) is 14.4 Å². The van der Waals surface area contributed by atoms with Crippen molar-refractivity contribution in [2.45, 2.75) is 44.6 Å². The number of nitrogens with one attached hydrogen (secondary N) is 2. The molecule has 0 bridgehead atoms. The fourth-order valence-corrected chi connectivity index (χ4v) is 4.32. The lowest BCUT2D eigenvalue weighted by atomic mass is 9.89. The minimum Gasteiger partial charge on any atom is -0.481 e. The summed E-state index contributed by atoms with van der Waals surface area (Å²) in [5.41, 5.74) is 3.00. The van der Waals surface area contributed by atoms with E-state index in [0.29, 0.717) is 12.8 Å². The van der Waals surface area contributed by atoms with Gasteiger partial charge in [-0.1, -0.05) is 62.4 Å². The summed E-state index contributed by atoms with van der Waals surface area (Å²) < 4.78 is 5.56. The molecule has 3 N–H and O–H groups in total. The van der Waals surface area contributed by atoms with Gasteiger partial charge in [-0.15, -0.1) is 0 Å². The van der Waals surface area contributed by atoms with E-state index >= 15 is 0 Å². The lowest BCUT2D eigenvalue weighted by Gasteiger charge is -2.25. The second-order valence-electron chi connectivity index (χ2n) is 9.45. The quantitative estimate of drug-likeness (QED) is 0.586. The van der Waals surface area contributed by atoms with Gasteiger partial charge in [-0.3, -0.25) is 9.59 Å². The molecule has 0 saturated heterocycles. The molecule has 2 aromatic rings. The van der Waals surface area contributed by atoms with Crippen molar-refractivity contribution in [3.8, 4) is 11.1 Å². The molecule has 4 rings (SSSR count). The predicted octanol–water partition coefficient (Wildman–Crippen LogP) is 3.67. The topological polar surface area (TPSA) is 105 Å². The van der Waals surface area contributed by atoms with Crippen LogP contribution in [0, 0.1) is 5.41 Å². The zero-order chi connectivity index (χ0) is 22.9. The zero-order valence-electron chi connectivity index (χ0n) is 18.3. The second-order valence-corrected chi connectivity index (χ2v) is 9.45. The molecule has 0 unspecified atom stereocenters. The molecule has 2 aliphatic rings. The van der Waals surface area contributed by atoms with Gasteiger partial charge in [0.2, 0.25) is 5.91 Å².